The van der Waals surface area contributed by atoms with Crippen molar-refractivity contribution in [2.75, 3.05) is 31.1 Å². The molecule has 0 bridgehead atoms. The summed E-state index contributed by atoms with van der Waals surface area (Å²) in [6.45, 7) is 4.07. The first-order valence-electron chi connectivity index (χ1n) is 7.93. The van der Waals surface area contributed by atoms with Gasteiger partial charge < -0.3 is 4.90 Å². The fraction of sp³-hybridized carbons (Fsp3) is 0.278. The summed E-state index contributed by atoms with van der Waals surface area (Å²) in [4.78, 5) is 26.8. The third-order valence-corrected chi connectivity index (χ3v) is 4.24. The van der Waals surface area contributed by atoms with E-state index in [0.717, 1.165) is 44.0 Å². The number of non-ortho nitro benzene ring substituents is 1. The molecule has 1 aliphatic heterocycles. The Morgan fingerprint density at radius 3 is 2.25 bits per heavy atom. The van der Waals surface area contributed by atoms with E-state index in [0.29, 0.717) is 0 Å². The Morgan fingerprint density at radius 1 is 0.917 bits per heavy atom. The van der Waals surface area contributed by atoms with Crippen molar-refractivity contribution in [1.29, 1.82) is 0 Å². The van der Waals surface area contributed by atoms with Crippen LogP contribution in [0.15, 0.2) is 59.4 Å². The number of anilines is 1. The summed E-state index contributed by atoms with van der Waals surface area (Å²) >= 11 is 0. The summed E-state index contributed by atoms with van der Waals surface area (Å²) in [6, 6.07) is 15.7. The lowest BCUT2D eigenvalue weighted by atomic mass is 10.1. The average Bonchev–Trinajstić information content (AvgIpc) is 2.81. The fourth-order valence-corrected chi connectivity index (χ4v) is 2.91. The van der Waals surface area contributed by atoms with Gasteiger partial charge in [-0.2, -0.15) is 0 Å². The van der Waals surface area contributed by atoms with Crippen molar-refractivity contribution in [2.45, 2.75) is 6.54 Å². The zero-order valence-electron chi connectivity index (χ0n) is 13.3. The van der Waals surface area contributed by atoms with Crippen LogP contribution in [0.1, 0.15) is 5.56 Å². The second-order valence-electron chi connectivity index (χ2n) is 5.85. The van der Waals surface area contributed by atoms with Crippen molar-refractivity contribution < 1.29 is 4.92 Å². The average molecular weight is 325 g/mol. The van der Waals surface area contributed by atoms with Gasteiger partial charge in [-0.05, 0) is 17.7 Å². The highest BCUT2D eigenvalue weighted by atomic mass is 16.6. The normalized spacial score (nSPS) is 15.2. The summed E-state index contributed by atoms with van der Waals surface area (Å²) in [5.74, 6) is 0. The first-order valence-corrected chi connectivity index (χ1v) is 7.93. The second kappa shape index (κ2) is 7.23. The van der Waals surface area contributed by atoms with E-state index in [1.165, 1.54) is 0 Å². The van der Waals surface area contributed by atoms with Gasteiger partial charge in [0.25, 0.3) is 5.69 Å². The molecule has 0 radical (unpaired) electrons. The molecule has 0 aliphatic carbocycles. The van der Waals surface area contributed by atoms with Crippen molar-refractivity contribution in [2.24, 2.45) is 0 Å². The Bertz CT molecular complexity index is 769. The maximum absolute atomic E-state index is 12.1. The molecule has 1 heterocycles. The van der Waals surface area contributed by atoms with Crippen LogP contribution in [-0.2, 0) is 6.54 Å². The van der Waals surface area contributed by atoms with E-state index in [2.05, 4.69) is 9.80 Å². The van der Waals surface area contributed by atoms with Crippen LogP contribution in [0.2, 0.25) is 0 Å². The van der Waals surface area contributed by atoms with Gasteiger partial charge in [-0.15, -0.1) is 0 Å². The summed E-state index contributed by atoms with van der Waals surface area (Å²) < 4.78 is 0. The molecule has 0 atom stereocenters. The van der Waals surface area contributed by atoms with Crippen LogP contribution in [0.25, 0.3) is 0 Å². The van der Waals surface area contributed by atoms with Gasteiger partial charge in [-0.25, -0.2) is 0 Å². The smallest absolute Gasteiger partial charge is 0.269 e. The van der Waals surface area contributed by atoms with E-state index in [9.17, 15) is 14.9 Å². The zero-order chi connectivity index (χ0) is 16.9. The first-order chi connectivity index (χ1) is 11.6. The summed E-state index contributed by atoms with van der Waals surface area (Å²) in [7, 11) is 0. The number of benzene rings is 1. The van der Waals surface area contributed by atoms with Crippen molar-refractivity contribution >= 4 is 11.4 Å². The minimum Gasteiger partial charge on any atom is -0.366 e. The van der Waals surface area contributed by atoms with E-state index in [1.54, 1.807) is 36.4 Å². The van der Waals surface area contributed by atoms with E-state index >= 15 is 0 Å². The molecule has 3 rings (SSSR count). The third kappa shape index (κ3) is 3.78. The van der Waals surface area contributed by atoms with Gasteiger partial charge in [0.05, 0.1) is 10.6 Å². The lowest BCUT2D eigenvalue weighted by molar-refractivity contribution is -0.384. The Morgan fingerprint density at radius 2 is 1.58 bits per heavy atom. The molecule has 0 N–H and O–H groups in total. The standard InChI is InChI=1S/C18H19N3O3/c22-18-5-3-1-2-4-17(18)20-12-10-19(11-13-20)14-15-6-8-16(9-7-15)21(23)24/h1-9H,10-14H2. The minimum absolute atomic E-state index is 0.0452. The van der Waals surface area contributed by atoms with Crippen LogP contribution in [0.3, 0.4) is 0 Å². The molecule has 1 fully saturated rings. The highest BCUT2D eigenvalue weighted by molar-refractivity contribution is 5.45. The Hall–Kier alpha value is -2.73. The topological polar surface area (TPSA) is 66.7 Å². The van der Waals surface area contributed by atoms with Crippen LogP contribution in [0.5, 0.6) is 0 Å². The van der Waals surface area contributed by atoms with Crippen molar-refractivity contribution in [1.82, 2.24) is 4.90 Å². The lowest BCUT2D eigenvalue weighted by Crippen LogP contribution is -2.47. The number of rotatable bonds is 4. The fourth-order valence-electron chi connectivity index (χ4n) is 2.91. The van der Waals surface area contributed by atoms with Gasteiger partial charge in [0, 0.05) is 44.9 Å². The summed E-state index contributed by atoms with van der Waals surface area (Å²) in [6.07, 6.45) is 0. The molecule has 6 nitrogen and oxygen atoms in total. The number of nitro benzene ring substituents is 1. The molecular formula is C18H19N3O3. The molecule has 0 amide bonds. The molecule has 1 saturated heterocycles. The quantitative estimate of drug-likeness (QED) is 0.637. The Labute approximate surface area is 140 Å². The SMILES string of the molecule is O=c1cccccc1N1CCN(Cc2ccc([N+](=O)[O-])cc2)CC1. The highest BCUT2D eigenvalue weighted by Gasteiger charge is 2.18. The molecular weight excluding hydrogens is 306 g/mol. The van der Waals surface area contributed by atoms with Gasteiger partial charge >= 0.3 is 0 Å². The lowest BCUT2D eigenvalue weighted by Gasteiger charge is -2.35. The first kappa shape index (κ1) is 16.1. The van der Waals surface area contributed by atoms with Crippen molar-refractivity contribution in [3.63, 3.8) is 0 Å². The summed E-state index contributed by atoms with van der Waals surface area (Å²) in [5, 5.41) is 10.7. The Balaban J connectivity index is 1.60. The third-order valence-electron chi connectivity index (χ3n) is 4.24. The molecule has 0 unspecified atom stereocenters. The molecule has 124 valence electrons. The van der Waals surface area contributed by atoms with Gasteiger partial charge in [0.2, 0.25) is 5.43 Å². The van der Waals surface area contributed by atoms with E-state index in [1.807, 2.05) is 18.2 Å². The monoisotopic (exact) mass is 325 g/mol. The van der Waals surface area contributed by atoms with Crippen LogP contribution in [0, 0.1) is 10.1 Å². The maximum Gasteiger partial charge on any atom is 0.269 e. The Kier molecular flexibility index (Phi) is 4.86. The van der Waals surface area contributed by atoms with Crippen LogP contribution in [-0.4, -0.2) is 36.0 Å². The molecule has 2 aromatic carbocycles. The van der Waals surface area contributed by atoms with Gasteiger partial charge in [-0.3, -0.25) is 19.8 Å². The number of piperazine rings is 1. The molecule has 0 aromatic heterocycles. The number of hydrogen-bond acceptors (Lipinski definition) is 5. The van der Waals surface area contributed by atoms with Gasteiger partial charge in [-0.1, -0.05) is 30.3 Å². The predicted molar refractivity (Wildman–Crippen MR) is 93.3 cm³/mol. The van der Waals surface area contributed by atoms with E-state index < -0.39 is 0 Å². The van der Waals surface area contributed by atoms with E-state index in [-0.39, 0.29) is 16.0 Å². The molecule has 1 aliphatic rings. The minimum atomic E-state index is -0.386. The zero-order valence-corrected chi connectivity index (χ0v) is 13.3. The number of hydrogen-bond donors (Lipinski definition) is 0. The molecule has 6 heteroatoms. The largest absolute Gasteiger partial charge is 0.366 e. The van der Waals surface area contributed by atoms with Crippen molar-refractivity contribution in [3.05, 3.63) is 80.5 Å². The predicted octanol–water partition coefficient (Wildman–Crippen LogP) is 2.28. The molecule has 24 heavy (non-hydrogen) atoms. The maximum atomic E-state index is 12.1. The number of nitrogens with zero attached hydrogens (tertiary/aromatic N) is 3. The van der Waals surface area contributed by atoms with Crippen LogP contribution in [0.4, 0.5) is 11.4 Å². The molecule has 2 aromatic rings. The molecule has 0 saturated carbocycles. The second-order valence-corrected chi connectivity index (χ2v) is 5.85. The van der Waals surface area contributed by atoms with Gasteiger partial charge in [0.15, 0.2) is 0 Å². The summed E-state index contributed by atoms with van der Waals surface area (Å²) in [5.41, 5.74) is 1.96. The molecule has 0 spiro atoms. The van der Waals surface area contributed by atoms with Crippen molar-refractivity contribution in [3.8, 4) is 0 Å². The number of nitro groups is 1. The highest BCUT2D eigenvalue weighted by Crippen LogP contribution is 2.16. The van der Waals surface area contributed by atoms with Crippen LogP contribution >= 0.6 is 0 Å². The van der Waals surface area contributed by atoms with Crippen LogP contribution < -0.4 is 10.3 Å². The van der Waals surface area contributed by atoms with E-state index in [4.69, 9.17) is 0 Å². The van der Waals surface area contributed by atoms with Gasteiger partial charge in [0.1, 0.15) is 0 Å².